The molecule has 1 saturated heterocycles. The number of hydrogen-bond donors (Lipinski definition) is 1. The van der Waals surface area contributed by atoms with Crippen molar-refractivity contribution in [1.29, 1.82) is 0 Å². The highest BCUT2D eigenvalue weighted by atomic mass is 19.4. The van der Waals surface area contributed by atoms with Crippen LogP contribution in [0.3, 0.4) is 0 Å². The average Bonchev–Trinajstić information content (AvgIpc) is 2.67. The van der Waals surface area contributed by atoms with E-state index in [4.69, 9.17) is 0 Å². The van der Waals surface area contributed by atoms with Gasteiger partial charge >= 0.3 is 6.18 Å². The van der Waals surface area contributed by atoms with Gasteiger partial charge in [-0.25, -0.2) is 0 Å². The maximum absolute atomic E-state index is 12.6. The van der Waals surface area contributed by atoms with Crippen molar-refractivity contribution in [3.05, 3.63) is 59.7 Å². The molecule has 1 amide bonds. The van der Waals surface area contributed by atoms with Gasteiger partial charge in [0.05, 0.1) is 11.6 Å². The Labute approximate surface area is 162 Å². The Morgan fingerprint density at radius 3 is 2.25 bits per heavy atom. The molecule has 0 spiro atoms. The third-order valence-corrected chi connectivity index (χ3v) is 5.09. The fourth-order valence-electron chi connectivity index (χ4n) is 3.35. The van der Waals surface area contributed by atoms with Gasteiger partial charge in [-0.2, -0.15) is 13.2 Å². The molecule has 7 heteroatoms. The van der Waals surface area contributed by atoms with Crippen LogP contribution in [0.4, 0.5) is 24.5 Å². The van der Waals surface area contributed by atoms with Crippen LogP contribution in [0, 0.1) is 6.92 Å². The number of benzene rings is 2. The summed E-state index contributed by atoms with van der Waals surface area (Å²) in [4.78, 5) is 16.9. The lowest BCUT2D eigenvalue weighted by atomic mass is 10.1. The third-order valence-electron chi connectivity index (χ3n) is 5.09. The molecule has 0 aliphatic carbocycles. The average molecular weight is 391 g/mol. The number of carbonyl (C=O) groups excluding carboxylic acids is 1. The van der Waals surface area contributed by atoms with E-state index < -0.39 is 11.7 Å². The first-order chi connectivity index (χ1) is 13.2. The molecule has 1 fully saturated rings. The molecule has 1 N–H and O–H groups in total. The van der Waals surface area contributed by atoms with E-state index in [-0.39, 0.29) is 11.9 Å². The number of nitrogens with zero attached hydrogens (tertiary/aromatic N) is 2. The largest absolute Gasteiger partial charge is 0.416 e. The zero-order valence-corrected chi connectivity index (χ0v) is 16.0. The molecule has 1 aliphatic heterocycles. The molecule has 1 atom stereocenters. The Bertz CT molecular complexity index is 812. The van der Waals surface area contributed by atoms with Gasteiger partial charge in [0.2, 0.25) is 5.91 Å². The van der Waals surface area contributed by atoms with Gasteiger partial charge < -0.3 is 10.2 Å². The van der Waals surface area contributed by atoms with Gasteiger partial charge in [0.25, 0.3) is 0 Å². The van der Waals surface area contributed by atoms with E-state index in [1.807, 2.05) is 13.0 Å². The van der Waals surface area contributed by atoms with Gasteiger partial charge in [0.1, 0.15) is 0 Å². The number of halogens is 3. The molecule has 0 saturated carbocycles. The molecule has 150 valence electrons. The van der Waals surface area contributed by atoms with Crippen molar-refractivity contribution >= 4 is 17.3 Å². The highest BCUT2D eigenvalue weighted by molar-refractivity contribution is 5.94. The lowest BCUT2D eigenvalue weighted by Crippen LogP contribution is -2.52. The number of hydrogen-bond acceptors (Lipinski definition) is 3. The number of anilines is 2. The van der Waals surface area contributed by atoms with Crippen LogP contribution in [0.25, 0.3) is 0 Å². The van der Waals surface area contributed by atoms with Crippen LogP contribution in [-0.2, 0) is 11.0 Å². The molecule has 2 aromatic rings. The molecule has 1 heterocycles. The Balaban J connectivity index is 1.54. The molecule has 0 bridgehead atoms. The number of aryl methyl sites for hydroxylation is 1. The molecular formula is C21H24F3N3O. The summed E-state index contributed by atoms with van der Waals surface area (Å²) in [5.74, 6) is -0.219. The molecule has 28 heavy (non-hydrogen) atoms. The predicted octanol–water partition coefficient (Wildman–Crippen LogP) is 4.16. The highest BCUT2D eigenvalue weighted by Crippen LogP contribution is 2.29. The number of alkyl halides is 3. The lowest BCUT2D eigenvalue weighted by molar-refractivity contribution is -0.137. The number of carbonyl (C=O) groups is 1. The van der Waals surface area contributed by atoms with E-state index in [0.29, 0.717) is 5.69 Å². The Morgan fingerprint density at radius 1 is 1.04 bits per heavy atom. The zero-order chi connectivity index (χ0) is 20.3. The van der Waals surface area contributed by atoms with Gasteiger partial charge in [-0.3, -0.25) is 9.69 Å². The fraction of sp³-hybridized carbons (Fsp3) is 0.381. The van der Waals surface area contributed by atoms with Crippen molar-refractivity contribution in [3.8, 4) is 0 Å². The van der Waals surface area contributed by atoms with Crippen LogP contribution in [0.15, 0.2) is 48.5 Å². The topological polar surface area (TPSA) is 35.6 Å². The Morgan fingerprint density at radius 2 is 1.68 bits per heavy atom. The van der Waals surface area contributed by atoms with Gasteiger partial charge in [0, 0.05) is 37.6 Å². The van der Waals surface area contributed by atoms with E-state index in [1.165, 1.54) is 23.4 Å². The van der Waals surface area contributed by atoms with Gasteiger partial charge in [-0.1, -0.05) is 12.1 Å². The minimum atomic E-state index is -4.38. The van der Waals surface area contributed by atoms with Crippen molar-refractivity contribution in [1.82, 2.24) is 4.90 Å². The van der Waals surface area contributed by atoms with Crippen LogP contribution in [-0.4, -0.2) is 43.0 Å². The van der Waals surface area contributed by atoms with E-state index in [0.717, 1.165) is 38.3 Å². The Kier molecular flexibility index (Phi) is 5.93. The maximum Gasteiger partial charge on any atom is 0.416 e. The van der Waals surface area contributed by atoms with Crippen LogP contribution in [0.5, 0.6) is 0 Å². The highest BCUT2D eigenvalue weighted by Gasteiger charge is 2.30. The summed E-state index contributed by atoms with van der Waals surface area (Å²) in [7, 11) is 0. The van der Waals surface area contributed by atoms with Crippen LogP contribution in [0.1, 0.15) is 18.1 Å². The number of rotatable bonds is 4. The fourth-order valence-corrected chi connectivity index (χ4v) is 3.35. The summed E-state index contributed by atoms with van der Waals surface area (Å²) < 4.78 is 37.9. The summed E-state index contributed by atoms with van der Waals surface area (Å²) in [5, 5.41) is 2.71. The first-order valence-corrected chi connectivity index (χ1v) is 9.28. The maximum atomic E-state index is 12.6. The van der Waals surface area contributed by atoms with Gasteiger partial charge in [-0.15, -0.1) is 0 Å². The van der Waals surface area contributed by atoms with Crippen molar-refractivity contribution in [2.75, 3.05) is 36.4 Å². The lowest BCUT2D eigenvalue weighted by Gasteiger charge is -2.38. The van der Waals surface area contributed by atoms with E-state index in [2.05, 4.69) is 40.2 Å². The van der Waals surface area contributed by atoms with Crippen LogP contribution in [0.2, 0.25) is 0 Å². The SMILES string of the molecule is Cc1cccc(N2CCN(C(C)C(=O)Nc3ccc(C(F)(F)F)cc3)CC2)c1. The summed E-state index contributed by atoms with van der Waals surface area (Å²) >= 11 is 0. The molecule has 1 aliphatic rings. The van der Waals surface area contributed by atoms with Crippen molar-refractivity contribution in [2.45, 2.75) is 26.1 Å². The second kappa shape index (κ2) is 8.22. The van der Waals surface area contributed by atoms with E-state index in [1.54, 1.807) is 0 Å². The first-order valence-electron chi connectivity index (χ1n) is 9.28. The van der Waals surface area contributed by atoms with E-state index in [9.17, 15) is 18.0 Å². The van der Waals surface area contributed by atoms with Crippen molar-refractivity contribution < 1.29 is 18.0 Å². The molecule has 0 radical (unpaired) electrons. The summed E-state index contributed by atoms with van der Waals surface area (Å²) in [6, 6.07) is 12.5. The number of amides is 1. The number of piperazine rings is 1. The second-order valence-corrected chi connectivity index (χ2v) is 7.10. The van der Waals surface area contributed by atoms with Crippen LogP contribution < -0.4 is 10.2 Å². The standard InChI is InChI=1S/C21H24F3N3O/c1-15-4-3-5-19(14-15)27-12-10-26(11-13-27)16(2)20(28)25-18-8-6-17(7-9-18)21(22,23)24/h3-9,14,16H,10-13H2,1-2H3,(H,25,28). The van der Waals surface area contributed by atoms with Gasteiger partial charge in [-0.05, 0) is 55.8 Å². The molecule has 1 unspecified atom stereocenters. The smallest absolute Gasteiger partial charge is 0.369 e. The molecule has 2 aromatic carbocycles. The third kappa shape index (κ3) is 4.84. The molecule has 3 rings (SSSR count). The van der Waals surface area contributed by atoms with Crippen molar-refractivity contribution in [2.24, 2.45) is 0 Å². The molecule has 4 nitrogen and oxygen atoms in total. The van der Waals surface area contributed by atoms with Gasteiger partial charge in [0.15, 0.2) is 0 Å². The van der Waals surface area contributed by atoms with Crippen LogP contribution >= 0.6 is 0 Å². The zero-order valence-electron chi connectivity index (χ0n) is 16.0. The first kappa shape index (κ1) is 20.2. The summed E-state index contributed by atoms with van der Waals surface area (Å²) in [6.07, 6.45) is -4.38. The quantitative estimate of drug-likeness (QED) is 0.850. The monoisotopic (exact) mass is 391 g/mol. The second-order valence-electron chi connectivity index (χ2n) is 7.10. The van der Waals surface area contributed by atoms with Crippen molar-refractivity contribution in [3.63, 3.8) is 0 Å². The normalized spacial score (nSPS) is 16.7. The molecular weight excluding hydrogens is 367 g/mol. The predicted molar refractivity (Wildman–Crippen MR) is 105 cm³/mol. The van der Waals surface area contributed by atoms with E-state index >= 15 is 0 Å². The number of nitrogens with one attached hydrogen (secondary N) is 1. The molecule has 0 aromatic heterocycles. The minimum Gasteiger partial charge on any atom is -0.369 e. The summed E-state index contributed by atoms with van der Waals surface area (Å²) in [5.41, 5.74) is 2.03. The minimum absolute atomic E-state index is 0.219. The summed E-state index contributed by atoms with van der Waals surface area (Å²) in [6.45, 7) is 7.02. The Hall–Kier alpha value is -2.54.